The van der Waals surface area contributed by atoms with E-state index in [0.29, 0.717) is 16.7 Å². The number of hydrogen-bond donors (Lipinski definition) is 6. The first-order valence-electron chi connectivity index (χ1n) is 7.32. The number of nitrogens with two attached hydrogens (primary N) is 1. The zero-order valence-electron chi connectivity index (χ0n) is 13.6. The lowest BCUT2D eigenvalue weighted by Crippen LogP contribution is -2.32. The molecule has 0 aliphatic carbocycles. The second-order valence-corrected chi connectivity index (χ2v) is 5.39. The van der Waals surface area contributed by atoms with Gasteiger partial charge in [0.05, 0.1) is 6.33 Å². The number of phenolic OH excluding ortho intramolecular Hbond substituents is 2. The van der Waals surface area contributed by atoms with Gasteiger partial charge in [0.25, 0.3) is 5.56 Å². The number of rotatable bonds is 3. The second kappa shape index (κ2) is 7.53. The Morgan fingerprint density at radius 1 is 1.31 bits per heavy atom. The first-order chi connectivity index (χ1) is 12.2. The SMILES string of the molecule is Cn1c(=O)[nH]c2nc[nH]c2c1=O.NC(Cc1ccc(O)c(O)c1)C(=O)O. The number of fused-ring (bicyclic) bond motifs is 1. The van der Waals surface area contributed by atoms with Gasteiger partial charge in [0, 0.05) is 7.05 Å². The number of carboxylic acid groups (broad SMARTS) is 1. The molecular formula is C15H17N5O6. The smallest absolute Gasteiger partial charge is 0.329 e. The van der Waals surface area contributed by atoms with E-state index in [4.69, 9.17) is 21.1 Å². The minimum atomic E-state index is -1.10. The molecule has 0 fully saturated rings. The predicted molar refractivity (Wildman–Crippen MR) is 91.0 cm³/mol. The minimum absolute atomic E-state index is 0.114. The van der Waals surface area contributed by atoms with Crippen LogP contribution in [0.15, 0.2) is 34.1 Å². The maximum Gasteiger partial charge on any atom is 0.329 e. The second-order valence-electron chi connectivity index (χ2n) is 5.39. The van der Waals surface area contributed by atoms with E-state index in [2.05, 4.69) is 15.0 Å². The normalized spacial score (nSPS) is 11.6. The Morgan fingerprint density at radius 2 is 2.00 bits per heavy atom. The van der Waals surface area contributed by atoms with Crippen molar-refractivity contribution in [3.63, 3.8) is 0 Å². The van der Waals surface area contributed by atoms with Crippen LogP contribution in [0.3, 0.4) is 0 Å². The third-order valence-electron chi connectivity index (χ3n) is 3.50. The lowest BCUT2D eigenvalue weighted by Gasteiger charge is -2.06. The number of nitrogens with one attached hydrogen (secondary N) is 2. The van der Waals surface area contributed by atoms with Crippen LogP contribution < -0.4 is 17.0 Å². The molecule has 0 saturated heterocycles. The zero-order chi connectivity index (χ0) is 19.4. The molecule has 0 radical (unpaired) electrons. The van der Waals surface area contributed by atoms with Crippen molar-refractivity contribution in [2.45, 2.75) is 12.5 Å². The summed E-state index contributed by atoms with van der Waals surface area (Å²) in [7, 11) is 1.40. The summed E-state index contributed by atoms with van der Waals surface area (Å²) in [4.78, 5) is 41.5. The van der Waals surface area contributed by atoms with Crippen LogP contribution in [0.5, 0.6) is 11.5 Å². The number of aliphatic carboxylic acids is 1. The number of benzene rings is 1. The van der Waals surface area contributed by atoms with Gasteiger partial charge in [-0.25, -0.2) is 9.78 Å². The number of aromatic nitrogens is 4. The van der Waals surface area contributed by atoms with E-state index >= 15 is 0 Å². The highest BCUT2D eigenvalue weighted by Gasteiger charge is 2.12. The monoisotopic (exact) mass is 363 g/mol. The number of aromatic hydroxyl groups is 2. The summed E-state index contributed by atoms with van der Waals surface area (Å²) in [5.41, 5.74) is 5.64. The molecule has 3 rings (SSSR count). The molecule has 1 atom stereocenters. The van der Waals surface area contributed by atoms with E-state index in [0.717, 1.165) is 4.57 Å². The van der Waals surface area contributed by atoms with Gasteiger partial charge < -0.3 is 26.0 Å². The Balaban J connectivity index is 0.000000189. The van der Waals surface area contributed by atoms with Crippen molar-refractivity contribution in [1.82, 2.24) is 19.5 Å². The highest BCUT2D eigenvalue weighted by Crippen LogP contribution is 2.25. The standard InChI is InChI=1S/C9H11NO4.C6H6N4O2/c10-6(9(13)14)3-5-1-2-7(11)8(12)4-5;1-10-5(11)3-4(8-2-7-3)9-6(10)12/h1-2,4,6,11-12H,3,10H2,(H,13,14);2H,1H3,(H,7,8)(H,9,12). The lowest BCUT2D eigenvalue weighted by atomic mass is 10.1. The molecule has 26 heavy (non-hydrogen) atoms. The van der Waals surface area contributed by atoms with E-state index in [1.54, 1.807) is 0 Å². The number of nitrogens with zero attached hydrogens (tertiary/aromatic N) is 2. The average Bonchev–Trinajstić information content (AvgIpc) is 3.05. The van der Waals surface area contributed by atoms with E-state index in [9.17, 15) is 14.4 Å². The Labute approximate surface area is 145 Å². The molecule has 7 N–H and O–H groups in total. The Kier molecular flexibility index (Phi) is 5.42. The minimum Gasteiger partial charge on any atom is -0.504 e. The molecule has 0 aliphatic rings. The van der Waals surface area contributed by atoms with Gasteiger partial charge in [-0.15, -0.1) is 0 Å². The summed E-state index contributed by atoms with van der Waals surface area (Å²) in [5.74, 6) is -1.62. The topological polar surface area (TPSA) is 187 Å². The van der Waals surface area contributed by atoms with Gasteiger partial charge >= 0.3 is 11.7 Å². The van der Waals surface area contributed by atoms with Gasteiger partial charge in [-0.2, -0.15) is 0 Å². The third-order valence-corrected chi connectivity index (χ3v) is 3.50. The van der Waals surface area contributed by atoms with E-state index in [1.165, 1.54) is 31.6 Å². The van der Waals surface area contributed by atoms with Crippen molar-refractivity contribution in [2.75, 3.05) is 0 Å². The van der Waals surface area contributed by atoms with E-state index < -0.39 is 17.7 Å². The maximum atomic E-state index is 11.3. The van der Waals surface area contributed by atoms with Crippen molar-refractivity contribution in [2.24, 2.45) is 12.8 Å². The molecule has 0 amide bonds. The summed E-state index contributed by atoms with van der Waals surface area (Å²) in [6, 6.07) is 3.09. The molecule has 3 aromatic rings. The van der Waals surface area contributed by atoms with Crippen LogP contribution >= 0.6 is 0 Å². The van der Waals surface area contributed by atoms with Crippen LogP contribution in [0.2, 0.25) is 0 Å². The molecule has 2 heterocycles. The fourth-order valence-electron chi connectivity index (χ4n) is 2.03. The molecule has 2 aromatic heterocycles. The van der Waals surface area contributed by atoms with Gasteiger partial charge in [0.1, 0.15) is 11.6 Å². The third kappa shape index (κ3) is 4.08. The van der Waals surface area contributed by atoms with Crippen molar-refractivity contribution in [1.29, 1.82) is 0 Å². The largest absolute Gasteiger partial charge is 0.504 e. The summed E-state index contributed by atoms with van der Waals surface area (Å²) in [6.07, 6.45) is 1.48. The van der Waals surface area contributed by atoms with Crippen LogP contribution in [-0.4, -0.2) is 46.8 Å². The number of carbonyl (C=O) groups is 1. The first kappa shape index (κ1) is 18.7. The van der Waals surface area contributed by atoms with Crippen LogP contribution in [0.4, 0.5) is 0 Å². The lowest BCUT2D eigenvalue weighted by molar-refractivity contribution is -0.138. The van der Waals surface area contributed by atoms with Gasteiger partial charge in [0.2, 0.25) is 0 Å². The quantitative estimate of drug-likeness (QED) is 0.320. The number of carboxylic acids is 1. The molecular weight excluding hydrogens is 346 g/mol. The number of hydrogen-bond acceptors (Lipinski definition) is 7. The summed E-state index contributed by atoms with van der Waals surface area (Å²) >= 11 is 0. The summed E-state index contributed by atoms with van der Waals surface area (Å²) in [5, 5.41) is 26.6. The van der Waals surface area contributed by atoms with Gasteiger partial charge in [-0.3, -0.25) is 19.1 Å². The maximum absolute atomic E-state index is 11.3. The molecule has 11 heteroatoms. The van der Waals surface area contributed by atoms with Crippen molar-refractivity contribution < 1.29 is 20.1 Å². The fraction of sp³-hybridized carbons (Fsp3) is 0.200. The Bertz CT molecular complexity index is 1050. The number of aromatic amines is 2. The first-order valence-corrected chi connectivity index (χ1v) is 7.32. The Morgan fingerprint density at radius 3 is 2.62 bits per heavy atom. The molecule has 0 spiro atoms. The number of imidazole rings is 1. The highest BCUT2D eigenvalue weighted by molar-refractivity contribution is 5.73. The van der Waals surface area contributed by atoms with E-state index in [-0.39, 0.29) is 23.5 Å². The van der Waals surface area contributed by atoms with Gasteiger partial charge in [-0.1, -0.05) is 6.07 Å². The average molecular weight is 363 g/mol. The van der Waals surface area contributed by atoms with Gasteiger partial charge in [-0.05, 0) is 24.1 Å². The van der Waals surface area contributed by atoms with E-state index in [1.807, 2.05) is 0 Å². The van der Waals surface area contributed by atoms with Crippen LogP contribution in [0.25, 0.3) is 11.2 Å². The number of phenols is 2. The van der Waals surface area contributed by atoms with Crippen molar-refractivity contribution >= 4 is 17.1 Å². The molecule has 0 aliphatic heterocycles. The van der Waals surface area contributed by atoms with Crippen molar-refractivity contribution in [3.05, 3.63) is 50.9 Å². The van der Waals surface area contributed by atoms with Crippen LogP contribution in [-0.2, 0) is 18.3 Å². The highest BCUT2D eigenvalue weighted by atomic mass is 16.4. The van der Waals surface area contributed by atoms with Crippen LogP contribution in [0.1, 0.15) is 5.56 Å². The fourth-order valence-corrected chi connectivity index (χ4v) is 2.03. The summed E-state index contributed by atoms with van der Waals surface area (Å²) < 4.78 is 0.987. The van der Waals surface area contributed by atoms with Crippen molar-refractivity contribution in [3.8, 4) is 11.5 Å². The molecule has 11 nitrogen and oxygen atoms in total. The zero-order valence-corrected chi connectivity index (χ0v) is 13.6. The van der Waals surface area contributed by atoms with Crippen LogP contribution in [0, 0.1) is 0 Å². The number of H-pyrrole nitrogens is 2. The molecule has 138 valence electrons. The predicted octanol–water partition coefficient (Wildman–Crippen LogP) is -0.998. The molecule has 0 saturated carbocycles. The van der Waals surface area contributed by atoms with Gasteiger partial charge in [0.15, 0.2) is 17.1 Å². The molecule has 1 unspecified atom stereocenters. The molecule has 0 bridgehead atoms. The Hall–Kier alpha value is -3.60. The summed E-state index contributed by atoms with van der Waals surface area (Å²) in [6.45, 7) is 0. The molecule has 1 aromatic carbocycles.